The van der Waals surface area contributed by atoms with E-state index in [0.717, 1.165) is 22.2 Å². The molecule has 0 radical (unpaired) electrons. The number of imidazole rings is 1. The van der Waals surface area contributed by atoms with Gasteiger partial charge in [0.1, 0.15) is 11.9 Å². The molecule has 1 N–H and O–H groups in total. The highest BCUT2D eigenvalue weighted by Gasteiger charge is 2.09. The predicted molar refractivity (Wildman–Crippen MR) is 93.9 cm³/mol. The Morgan fingerprint density at radius 1 is 1.12 bits per heavy atom. The van der Waals surface area contributed by atoms with Gasteiger partial charge in [-0.1, -0.05) is 12.1 Å². The van der Waals surface area contributed by atoms with E-state index in [2.05, 4.69) is 16.0 Å². The number of methoxy groups -OCH3 is 2. The molecule has 24 heavy (non-hydrogen) atoms. The highest BCUT2D eigenvalue weighted by atomic mass is 16.5. The average molecular weight is 319 g/mol. The summed E-state index contributed by atoms with van der Waals surface area (Å²) in [5.74, 6) is 1.81. The number of allylic oxidation sites excluding steroid dienone is 1. The highest BCUT2D eigenvalue weighted by Crippen LogP contribution is 2.29. The van der Waals surface area contributed by atoms with Gasteiger partial charge < -0.3 is 14.5 Å². The summed E-state index contributed by atoms with van der Waals surface area (Å²) in [6.45, 7) is 2.02. The maximum absolute atomic E-state index is 9.51. The molecule has 5 heteroatoms. The number of H-pyrrole nitrogens is 1. The van der Waals surface area contributed by atoms with Gasteiger partial charge in [-0.05, 0) is 48.4 Å². The minimum Gasteiger partial charge on any atom is -0.493 e. The molecular weight excluding hydrogens is 302 g/mol. The van der Waals surface area contributed by atoms with Gasteiger partial charge in [-0.15, -0.1) is 0 Å². The van der Waals surface area contributed by atoms with E-state index in [0.29, 0.717) is 22.9 Å². The van der Waals surface area contributed by atoms with Crippen LogP contribution in [0.25, 0.3) is 22.7 Å². The van der Waals surface area contributed by atoms with Crippen molar-refractivity contribution in [2.75, 3.05) is 14.2 Å². The average Bonchev–Trinajstić information content (AvgIpc) is 3.02. The zero-order chi connectivity index (χ0) is 17.1. The molecule has 0 aliphatic rings. The van der Waals surface area contributed by atoms with Gasteiger partial charge in [0.25, 0.3) is 0 Å². The minimum atomic E-state index is 0.455. The lowest BCUT2D eigenvalue weighted by atomic mass is 10.1. The van der Waals surface area contributed by atoms with Gasteiger partial charge in [0.2, 0.25) is 0 Å². The van der Waals surface area contributed by atoms with E-state index in [-0.39, 0.29) is 0 Å². The SMILES string of the molecule is COc1ccc(/C=C(/C#N)c2nc3ccc(C)cc3[nH]2)cc1OC. The fourth-order valence-corrected chi connectivity index (χ4v) is 2.51. The van der Waals surface area contributed by atoms with Crippen LogP contribution in [-0.2, 0) is 0 Å². The number of aromatic amines is 1. The van der Waals surface area contributed by atoms with Crippen LogP contribution in [0.3, 0.4) is 0 Å². The van der Waals surface area contributed by atoms with Crippen molar-refractivity contribution in [2.45, 2.75) is 6.92 Å². The van der Waals surface area contributed by atoms with Gasteiger partial charge in [0, 0.05) is 0 Å². The topological polar surface area (TPSA) is 70.9 Å². The molecule has 0 unspecified atom stereocenters. The quantitative estimate of drug-likeness (QED) is 0.739. The minimum absolute atomic E-state index is 0.455. The molecule has 3 rings (SSSR count). The van der Waals surface area contributed by atoms with E-state index in [9.17, 15) is 5.26 Å². The maximum Gasteiger partial charge on any atom is 0.161 e. The molecule has 1 heterocycles. The first-order valence-corrected chi connectivity index (χ1v) is 7.45. The molecule has 0 fully saturated rings. The Kier molecular flexibility index (Phi) is 4.21. The number of nitrogens with zero attached hydrogens (tertiary/aromatic N) is 2. The van der Waals surface area contributed by atoms with Crippen molar-refractivity contribution in [2.24, 2.45) is 0 Å². The number of fused-ring (bicyclic) bond motifs is 1. The molecular formula is C19H17N3O2. The van der Waals surface area contributed by atoms with Gasteiger partial charge in [0.15, 0.2) is 11.5 Å². The summed E-state index contributed by atoms with van der Waals surface area (Å²) in [7, 11) is 3.17. The van der Waals surface area contributed by atoms with E-state index >= 15 is 0 Å². The van der Waals surface area contributed by atoms with Crippen molar-refractivity contribution in [3.8, 4) is 17.6 Å². The number of ether oxygens (including phenoxy) is 2. The number of hydrogen-bond donors (Lipinski definition) is 1. The smallest absolute Gasteiger partial charge is 0.161 e. The van der Waals surface area contributed by atoms with Gasteiger partial charge in [-0.25, -0.2) is 4.98 Å². The number of benzene rings is 2. The molecule has 120 valence electrons. The zero-order valence-corrected chi connectivity index (χ0v) is 13.8. The summed E-state index contributed by atoms with van der Waals surface area (Å²) >= 11 is 0. The fraction of sp³-hybridized carbons (Fsp3) is 0.158. The van der Waals surface area contributed by atoms with Crippen molar-refractivity contribution < 1.29 is 9.47 Å². The van der Waals surface area contributed by atoms with Gasteiger partial charge in [-0.2, -0.15) is 5.26 Å². The van der Waals surface area contributed by atoms with E-state index in [1.165, 1.54) is 0 Å². The molecule has 2 aromatic carbocycles. The van der Waals surface area contributed by atoms with E-state index in [4.69, 9.17) is 9.47 Å². The lowest BCUT2D eigenvalue weighted by Crippen LogP contribution is -1.91. The number of nitriles is 1. The predicted octanol–water partition coefficient (Wildman–Crippen LogP) is 3.95. The number of nitrogens with one attached hydrogen (secondary N) is 1. The molecule has 3 aromatic rings. The van der Waals surface area contributed by atoms with Crippen molar-refractivity contribution in [1.29, 1.82) is 5.26 Å². The van der Waals surface area contributed by atoms with E-state index < -0.39 is 0 Å². The molecule has 0 atom stereocenters. The van der Waals surface area contributed by atoms with E-state index in [1.54, 1.807) is 20.3 Å². The second-order valence-corrected chi connectivity index (χ2v) is 5.39. The van der Waals surface area contributed by atoms with Crippen LogP contribution < -0.4 is 9.47 Å². The summed E-state index contributed by atoms with van der Waals surface area (Å²) in [4.78, 5) is 7.70. The lowest BCUT2D eigenvalue weighted by molar-refractivity contribution is 0.355. The number of aryl methyl sites for hydroxylation is 1. The molecule has 0 saturated carbocycles. The first kappa shape index (κ1) is 15.6. The lowest BCUT2D eigenvalue weighted by Gasteiger charge is -2.07. The zero-order valence-electron chi connectivity index (χ0n) is 13.8. The first-order chi connectivity index (χ1) is 11.6. The first-order valence-electron chi connectivity index (χ1n) is 7.45. The third-order valence-corrected chi connectivity index (χ3v) is 3.73. The third kappa shape index (κ3) is 2.95. The van der Waals surface area contributed by atoms with Crippen molar-refractivity contribution in [1.82, 2.24) is 9.97 Å². The second kappa shape index (κ2) is 6.47. The molecule has 5 nitrogen and oxygen atoms in total. The van der Waals surface area contributed by atoms with Crippen LogP contribution in [0.4, 0.5) is 0 Å². The van der Waals surface area contributed by atoms with Crippen LogP contribution in [0.2, 0.25) is 0 Å². The second-order valence-electron chi connectivity index (χ2n) is 5.39. The van der Waals surface area contributed by atoms with Crippen LogP contribution in [0.1, 0.15) is 17.0 Å². The van der Waals surface area contributed by atoms with Gasteiger partial charge in [0.05, 0.1) is 30.8 Å². The summed E-state index contributed by atoms with van der Waals surface area (Å²) in [6, 6.07) is 13.6. The number of rotatable bonds is 4. The summed E-state index contributed by atoms with van der Waals surface area (Å²) < 4.78 is 10.5. The van der Waals surface area contributed by atoms with Gasteiger partial charge >= 0.3 is 0 Å². The van der Waals surface area contributed by atoms with Crippen LogP contribution in [0.15, 0.2) is 36.4 Å². The number of aromatic nitrogens is 2. The summed E-state index contributed by atoms with van der Waals surface area (Å²) in [5.41, 5.74) is 4.18. The van der Waals surface area contributed by atoms with Crippen LogP contribution >= 0.6 is 0 Å². The molecule has 0 saturated heterocycles. The van der Waals surface area contributed by atoms with Gasteiger partial charge in [-0.3, -0.25) is 0 Å². The molecule has 0 spiro atoms. The Morgan fingerprint density at radius 2 is 1.92 bits per heavy atom. The highest BCUT2D eigenvalue weighted by molar-refractivity contribution is 5.90. The van der Waals surface area contributed by atoms with Crippen molar-refractivity contribution in [3.05, 3.63) is 53.3 Å². The molecule has 0 bridgehead atoms. The Balaban J connectivity index is 2.04. The molecule has 1 aromatic heterocycles. The van der Waals surface area contributed by atoms with Crippen LogP contribution in [0, 0.1) is 18.3 Å². The van der Waals surface area contributed by atoms with Crippen LogP contribution in [-0.4, -0.2) is 24.2 Å². The van der Waals surface area contributed by atoms with Crippen molar-refractivity contribution >= 4 is 22.7 Å². The number of hydrogen-bond acceptors (Lipinski definition) is 4. The largest absolute Gasteiger partial charge is 0.493 e. The molecule has 0 amide bonds. The third-order valence-electron chi connectivity index (χ3n) is 3.73. The van der Waals surface area contributed by atoms with Crippen molar-refractivity contribution in [3.63, 3.8) is 0 Å². The Hall–Kier alpha value is -3.26. The molecule has 0 aliphatic heterocycles. The monoisotopic (exact) mass is 319 g/mol. The Bertz CT molecular complexity index is 964. The Labute approximate surface area is 140 Å². The fourth-order valence-electron chi connectivity index (χ4n) is 2.51. The molecule has 0 aliphatic carbocycles. The Morgan fingerprint density at radius 3 is 2.62 bits per heavy atom. The summed E-state index contributed by atoms with van der Waals surface area (Å²) in [6.07, 6.45) is 1.77. The summed E-state index contributed by atoms with van der Waals surface area (Å²) in [5, 5.41) is 9.51. The van der Waals surface area contributed by atoms with Crippen LogP contribution in [0.5, 0.6) is 11.5 Å². The standard InChI is InChI=1S/C19H17N3O2/c1-12-4-6-15-16(8-12)22-19(21-15)14(11-20)9-13-5-7-17(23-2)18(10-13)24-3/h4-10H,1-3H3,(H,21,22)/b14-9-. The van der Waals surface area contributed by atoms with E-state index in [1.807, 2.05) is 43.3 Å². The normalized spacial score (nSPS) is 11.3. The maximum atomic E-state index is 9.51.